The molecule has 0 radical (unpaired) electrons. The summed E-state index contributed by atoms with van der Waals surface area (Å²) in [4.78, 5) is 24.3. The monoisotopic (exact) mass is 478 g/mol. The van der Waals surface area contributed by atoms with Crippen molar-refractivity contribution in [1.29, 1.82) is 0 Å². The third-order valence-electron chi connectivity index (χ3n) is 5.36. The average Bonchev–Trinajstić information content (AvgIpc) is 2.78. The number of esters is 2. The van der Waals surface area contributed by atoms with Gasteiger partial charge in [0.25, 0.3) is 0 Å². The number of halogens is 3. The lowest BCUT2D eigenvalue weighted by molar-refractivity contribution is -0.345. The van der Waals surface area contributed by atoms with Gasteiger partial charge in [0.15, 0.2) is 0 Å². The maximum absolute atomic E-state index is 12.3. The van der Waals surface area contributed by atoms with E-state index in [4.69, 9.17) is 20.9 Å². The molecular weight excluding hydrogens is 453 g/mol. The number of ether oxygens (including phenoxy) is 3. The highest BCUT2D eigenvalue weighted by Crippen LogP contribution is 2.31. The van der Waals surface area contributed by atoms with Gasteiger partial charge in [-0.2, -0.15) is 0 Å². The zero-order chi connectivity index (χ0) is 24.7. The highest BCUT2D eigenvalue weighted by Gasteiger charge is 2.36. The molecule has 0 heterocycles. The second kappa shape index (κ2) is 11.1. The van der Waals surface area contributed by atoms with Gasteiger partial charge in [0.05, 0.1) is 12.0 Å². The molecule has 0 aromatic heterocycles. The topological polar surface area (TPSA) is 114 Å². The fraction of sp³-hybridized carbons (Fsp3) is 0.333. The smallest absolute Gasteiger partial charge is 0.458 e. The van der Waals surface area contributed by atoms with Crippen LogP contribution in [0.4, 0.5) is 24.5 Å². The number of nitrogens with two attached hydrogens (primary N) is 2. The molecule has 4 N–H and O–H groups in total. The van der Waals surface area contributed by atoms with Gasteiger partial charge >= 0.3 is 18.3 Å². The van der Waals surface area contributed by atoms with Gasteiger partial charge in [-0.15, -0.1) is 13.2 Å². The number of rotatable bonds is 7. The van der Waals surface area contributed by atoms with Crippen molar-refractivity contribution in [3.05, 3.63) is 59.7 Å². The zero-order valence-electron chi connectivity index (χ0n) is 18.2. The van der Waals surface area contributed by atoms with Gasteiger partial charge in [-0.05, 0) is 67.7 Å². The van der Waals surface area contributed by atoms with E-state index >= 15 is 0 Å². The number of hydrogen-bond donors (Lipinski definition) is 2. The molecule has 182 valence electrons. The Hall–Kier alpha value is -3.53. The summed E-state index contributed by atoms with van der Waals surface area (Å²) in [5.74, 6) is -1.23. The van der Waals surface area contributed by atoms with Crippen molar-refractivity contribution >= 4 is 29.4 Å². The number of alkyl halides is 3. The number of anilines is 2. The van der Waals surface area contributed by atoms with E-state index in [1.54, 1.807) is 48.5 Å². The van der Waals surface area contributed by atoms with E-state index in [2.05, 4.69) is 4.74 Å². The molecule has 10 heteroatoms. The summed E-state index contributed by atoms with van der Waals surface area (Å²) < 4.78 is 51.4. The molecule has 0 unspecified atom stereocenters. The molecule has 0 saturated heterocycles. The second-order valence-corrected chi connectivity index (χ2v) is 7.93. The fourth-order valence-corrected chi connectivity index (χ4v) is 3.56. The molecule has 0 aliphatic heterocycles. The normalized spacial score (nSPS) is 18.6. The van der Waals surface area contributed by atoms with E-state index in [9.17, 15) is 22.8 Å². The molecule has 1 saturated carbocycles. The first-order valence-electron chi connectivity index (χ1n) is 10.6. The molecule has 7 nitrogen and oxygen atoms in total. The first-order chi connectivity index (χ1) is 16.1. The maximum atomic E-state index is 12.3. The highest BCUT2D eigenvalue weighted by atomic mass is 19.4. The summed E-state index contributed by atoms with van der Waals surface area (Å²) in [5.41, 5.74) is 13.8. The van der Waals surface area contributed by atoms with E-state index in [0.29, 0.717) is 28.3 Å². The van der Waals surface area contributed by atoms with Crippen LogP contribution >= 0.6 is 0 Å². The van der Waals surface area contributed by atoms with Crippen molar-refractivity contribution in [2.24, 2.45) is 5.92 Å². The molecule has 34 heavy (non-hydrogen) atoms. The van der Waals surface area contributed by atoms with Crippen LogP contribution in [0, 0.1) is 5.92 Å². The van der Waals surface area contributed by atoms with Crippen molar-refractivity contribution in [3.63, 3.8) is 0 Å². The molecule has 2 aromatic carbocycles. The maximum Gasteiger partial charge on any atom is 0.522 e. The van der Waals surface area contributed by atoms with Crippen LogP contribution in [-0.2, 0) is 25.7 Å². The van der Waals surface area contributed by atoms with E-state index in [-0.39, 0.29) is 32.3 Å². The van der Waals surface area contributed by atoms with Crippen LogP contribution in [0.5, 0.6) is 5.75 Å². The van der Waals surface area contributed by atoms with Crippen LogP contribution in [-0.4, -0.2) is 24.4 Å². The molecule has 0 bridgehead atoms. The zero-order valence-corrected chi connectivity index (χ0v) is 18.2. The molecule has 2 aromatic rings. The predicted octanol–water partition coefficient (Wildman–Crippen LogP) is 4.61. The van der Waals surface area contributed by atoms with Gasteiger partial charge in [-0.25, -0.2) is 4.79 Å². The Kier molecular flexibility index (Phi) is 8.17. The first kappa shape index (κ1) is 25.1. The summed E-state index contributed by atoms with van der Waals surface area (Å²) in [6.45, 7) is -0.0147. The van der Waals surface area contributed by atoms with Gasteiger partial charge < -0.3 is 20.9 Å². The second-order valence-electron chi connectivity index (χ2n) is 7.93. The fourth-order valence-electron chi connectivity index (χ4n) is 3.56. The molecule has 3 rings (SSSR count). The lowest BCUT2D eigenvalue weighted by Crippen LogP contribution is -2.32. The molecule has 1 fully saturated rings. The van der Waals surface area contributed by atoms with Gasteiger partial charge in [-0.3, -0.25) is 9.53 Å². The third-order valence-corrected chi connectivity index (χ3v) is 5.36. The quantitative estimate of drug-likeness (QED) is 0.259. The molecular formula is C24H25F3N2O5. The molecule has 0 atom stereocenters. The van der Waals surface area contributed by atoms with Crippen LogP contribution < -0.4 is 16.2 Å². The van der Waals surface area contributed by atoms with E-state index < -0.39 is 30.3 Å². The minimum Gasteiger partial charge on any atom is -0.458 e. The Morgan fingerprint density at radius 2 is 1.68 bits per heavy atom. The number of nitrogen functional groups attached to an aromatic ring is 2. The van der Waals surface area contributed by atoms with Crippen LogP contribution in [0.2, 0.25) is 0 Å². The largest absolute Gasteiger partial charge is 0.522 e. The van der Waals surface area contributed by atoms with Crippen LogP contribution in [0.25, 0.3) is 6.08 Å². The Labute approximate surface area is 194 Å². The number of carbonyl (C=O) groups is 2. The van der Waals surface area contributed by atoms with Crippen molar-refractivity contribution in [2.75, 3.05) is 11.5 Å². The summed E-state index contributed by atoms with van der Waals surface area (Å²) in [5, 5.41) is 0. The van der Waals surface area contributed by atoms with Crippen molar-refractivity contribution in [1.82, 2.24) is 0 Å². The van der Waals surface area contributed by atoms with E-state index in [0.717, 1.165) is 0 Å². The lowest BCUT2D eigenvalue weighted by Gasteiger charge is -2.27. The summed E-state index contributed by atoms with van der Waals surface area (Å²) in [6.07, 6.45) is -1.98. The number of carbonyl (C=O) groups excluding carboxylic acids is 2. The molecule has 1 aliphatic carbocycles. The van der Waals surface area contributed by atoms with Crippen molar-refractivity contribution < 1.29 is 37.0 Å². The summed E-state index contributed by atoms with van der Waals surface area (Å²) >= 11 is 0. The molecule has 0 amide bonds. The summed E-state index contributed by atoms with van der Waals surface area (Å²) in [6, 6.07) is 11.3. The standard InChI is InChI=1S/C24H25F3N2O5/c25-24(26,27)34-20-9-4-16(5-10-20)23(31)33-19-7-1-15(2-8-19)3-12-22(30)32-14-17-13-18(28)6-11-21(17)29/h1-3,6-8,11-13,16,20H,4-5,9-10,14,28-29H2/b12-3+. The third kappa shape index (κ3) is 7.80. The minimum absolute atomic E-state index is 0.0147. The minimum atomic E-state index is -4.67. The van der Waals surface area contributed by atoms with E-state index in [1.807, 2.05) is 0 Å². The van der Waals surface area contributed by atoms with Crippen molar-refractivity contribution in [2.45, 2.75) is 44.8 Å². The average molecular weight is 478 g/mol. The SMILES string of the molecule is Nc1ccc(N)c(COC(=O)/C=C/c2ccc(OC(=O)C3CCC(OC(F)(F)F)CC3)cc2)c1. The van der Waals surface area contributed by atoms with Crippen LogP contribution in [0.1, 0.15) is 36.8 Å². The molecule has 0 spiro atoms. The van der Waals surface area contributed by atoms with Crippen LogP contribution in [0.3, 0.4) is 0 Å². The predicted molar refractivity (Wildman–Crippen MR) is 119 cm³/mol. The van der Waals surface area contributed by atoms with Gasteiger partial charge in [0.2, 0.25) is 0 Å². The van der Waals surface area contributed by atoms with Crippen molar-refractivity contribution in [3.8, 4) is 5.75 Å². The number of benzene rings is 2. The summed E-state index contributed by atoms with van der Waals surface area (Å²) in [7, 11) is 0. The Morgan fingerprint density at radius 1 is 1.00 bits per heavy atom. The Balaban J connectivity index is 1.44. The Morgan fingerprint density at radius 3 is 2.32 bits per heavy atom. The van der Waals surface area contributed by atoms with Gasteiger partial charge in [-0.1, -0.05) is 12.1 Å². The molecule has 1 aliphatic rings. The Bertz CT molecular complexity index is 1030. The highest BCUT2D eigenvalue weighted by molar-refractivity contribution is 5.87. The van der Waals surface area contributed by atoms with E-state index in [1.165, 1.54) is 6.08 Å². The van der Waals surface area contributed by atoms with Gasteiger partial charge in [0, 0.05) is 23.0 Å². The van der Waals surface area contributed by atoms with Gasteiger partial charge in [0.1, 0.15) is 12.4 Å². The number of hydrogen-bond acceptors (Lipinski definition) is 7. The lowest BCUT2D eigenvalue weighted by atomic mass is 9.87. The first-order valence-corrected chi connectivity index (χ1v) is 10.6. The van der Waals surface area contributed by atoms with Crippen LogP contribution in [0.15, 0.2) is 48.5 Å².